The summed E-state index contributed by atoms with van der Waals surface area (Å²) in [6.07, 6.45) is 13.1. The SMILES string of the molecule is c1cc(N2CCCC2)ncc1NCCC1CCCCC1. The maximum atomic E-state index is 4.59. The summed E-state index contributed by atoms with van der Waals surface area (Å²) < 4.78 is 0. The van der Waals surface area contributed by atoms with Crippen molar-refractivity contribution in [3.63, 3.8) is 0 Å². The number of nitrogens with one attached hydrogen (secondary N) is 1. The molecule has 2 fully saturated rings. The van der Waals surface area contributed by atoms with Gasteiger partial charge in [0.15, 0.2) is 0 Å². The lowest BCUT2D eigenvalue weighted by Gasteiger charge is -2.21. The highest BCUT2D eigenvalue weighted by atomic mass is 15.2. The predicted molar refractivity (Wildman–Crippen MR) is 85.4 cm³/mol. The predicted octanol–water partition coefficient (Wildman–Crippen LogP) is 4.06. The molecule has 0 atom stereocenters. The zero-order valence-electron chi connectivity index (χ0n) is 12.5. The normalized spacial score (nSPS) is 20.3. The molecule has 20 heavy (non-hydrogen) atoms. The Hall–Kier alpha value is -1.25. The van der Waals surface area contributed by atoms with Gasteiger partial charge >= 0.3 is 0 Å². The first kappa shape index (κ1) is 13.7. The fourth-order valence-corrected chi connectivity index (χ4v) is 3.52. The quantitative estimate of drug-likeness (QED) is 0.876. The molecular formula is C17H27N3. The van der Waals surface area contributed by atoms with Crippen molar-refractivity contribution in [3.05, 3.63) is 18.3 Å². The molecule has 0 radical (unpaired) electrons. The van der Waals surface area contributed by atoms with Gasteiger partial charge in [0.2, 0.25) is 0 Å². The molecule has 1 aromatic rings. The Morgan fingerprint density at radius 2 is 1.85 bits per heavy atom. The van der Waals surface area contributed by atoms with Crippen LogP contribution in [0, 0.1) is 5.92 Å². The standard InChI is InChI=1S/C17H27N3/c1-2-6-15(7-3-1)10-11-18-16-8-9-17(19-14-16)20-12-4-5-13-20/h8-9,14-15,18H,1-7,10-13H2. The van der Waals surface area contributed by atoms with Crippen LogP contribution in [0.2, 0.25) is 0 Å². The Balaban J connectivity index is 1.43. The average Bonchev–Trinajstić information content (AvgIpc) is 3.03. The van der Waals surface area contributed by atoms with Crippen molar-refractivity contribution in [3.8, 4) is 0 Å². The molecule has 3 heteroatoms. The fraction of sp³-hybridized carbons (Fsp3) is 0.706. The summed E-state index contributed by atoms with van der Waals surface area (Å²) in [7, 11) is 0. The first-order chi connectivity index (χ1) is 9.92. The Morgan fingerprint density at radius 1 is 1.05 bits per heavy atom. The number of nitrogens with zero attached hydrogens (tertiary/aromatic N) is 2. The van der Waals surface area contributed by atoms with E-state index in [1.165, 1.54) is 70.1 Å². The fourth-order valence-electron chi connectivity index (χ4n) is 3.52. The smallest absolute Gasteiger partial charge is 0.128 e. The van der Waals surface area contributed by atoms with Crippen LogP contribution in [0.1, 0.15) is 51.4 Å². The van der Waals surface area contributed by atoms with E-state index in [0.717, 1.165) is 18.3 Å². The van der Waals surface area contributed by atoms with Crippen LogP contribution in [0.3, 0.4) is 0 Å². The second-order valence-corrected chi connectivity index (χ2v) is 6.32. The van der Waals surface area contributed by atoms with E-state index in [1.807, 2.05) is 6.20 Å². The summed E-state index contributed by atoms with van der Waals surface area (Å²) in [5, 5.41) is 3.53. The van der Waals surface area contributed by atoms with E-state index >= 15 is 0 Å². The Labute approximate surface area is 122 Å². The molecule has 1 saturated heterocycles. The highest BCUT2D eigenvalue weighted by Crippen LogP contribution is 2.26. The molecule has 0 aromatic carbocycles. The van der Waals surface area contributed by atoms with Crippen LogP contribution in [-0.2, 0) is 0 Å². The molecule has 3 rings (SSSR count). The van der Waals surface area contributed by atoms with E-state index in [0.29, 0.717) is 0 Å². The maximum Gasteiger partial charge on any atom is 0.128 e. The second kappa shape index (κ2) is 6.96. The third-order valence-electron chi connectivity index (χ3n) is 4.78. The van der Waals surface area contributed by atoms with Gasteiger partial charge in [0.1, 0.15) is 5.82 Å². The van der Waals surface area contributed by atoms with Crippen molar-refractivity contribution in [2.24, 2.45) is 5.92 Å². The lowest BCUT2D eigenvalue weighted by Crippen LogP contribution is -2.18. The van der Waals surface area contributed by atoms with Crippen LogP contribution in [0.5, 0.6) is 0 Å². The van der Waals surface area contributed by atoms with Crippen LogP contribution in [0.15, 0.2) is 18.3 Å². The van der Waals surface area contributed by atoms with Gasteiger partial charge in [-0.2, -0.15) is 0 Å². The Bertz CT molecular complexity index is 389. The minimum absolute atomic E-state index is 0.952. The molecule has 1 aliphatic carbocycles. The molecule has 0 amide bonds. The third kappa shape index (κ3) is 3.65. The van der Waals surface area contributed by atoms with E-state index in [2.05, 4.69) is 27.3 Å². The van der Waals surface area contributed by atoms with E-state index in [4.69, 9.17) is 0 Å². The van der Waals surface area contributed by atoms with Gasteiger partial charge in [0.25, 0.3) is 0 Å². The molecule has 2 heterocycles. The summed E-state index contributed by atoms with van der Waals surface area (Å²) in [5.41, 5.74) is 1.17. The van der Waals surface area contributed by atoms with Crippen molar-refractivity contribution < 1.29 is 0 Å². The maximum absolute atomic E-state index is 4.59. The van der Waals surface area contributed by atoms with Crippen molar-refractivity contribution in [2.45, 2.75) is 51.4 Å². The van der Waals surface area contributed by atoms with Crippen LogP contribution in [-0.4, -0.2) is 24.6 Å². The Kier molecular flexibility index (Phi) is 4.77. The van der Waals surface area contributed by atoms with E-state index in [9.17, 15) is 0 Å². The molecule has 1 saturated carbocycles. The molecule has 2 aliphatic rings. The van der Waals surface area contributed by atoms with Crippen LogP contribution < -0.4 is 10.2 Å². The first-order valence-electron chi connectivity index (χ1n) is 8.37. The van der Waals surface area contributed by atoms with Gasteiger partial charge < -0.3 is 10.2 Å². The first-order valence-corrected chi connectivity index (χ1v) is 8.37. The molecule has 0 spiro atoms. The highest BCUT2D eigenvalue weighted by Gasteiger charge is 2.14. The number of rotatable bonds is 5. The molecule has 0 unspecified atom stereocenters. The molecular weight excluding hydrogens is 246 g/mol. The van der Waals surface area contributed by atoms with E-state index in [-0.39, 0.29) is 0 Å². The lowest BCUT2D eigenvalue weighted by molar-refractivity contribution is 0.345. The van der Waals surface area contributed by atoms with Crippen LogP contribution in [0.4, 0.5) is 11.5 Å². The van der Waals surface area contributed by atoms with E-state index < -0.39 is 0 Å². The summed E-state index contributed by atoms with van der Waals surface area (Å²) >= 11 is 0. The zero-order valence-corrected chi connectivity index (χ0v) is 12.5. The number of anilines is 2. The highest BCUT2D eigenvalue weighted by molar-refractivity contribution is 5.48. The minimum atomic E-state index is 0.952. The Morgan fingerprint density at radius 3 is 2.55 bits per heavy atom. The number of hydrogen-bond acceptors (Lipinski definition) is 3. The molecule has 1 aromatic heterocycles. The number of pyridine rings is 1. The minimum Gasteiger partial charge on any atom is -0.384 e. The molecule has 3 nitrogen and oxygen atoms in total. The van der Waals surface area contributed by atoms with Gasteiger partial charge in [0, 0.05) is 19.6 Å². The van der Waals surface area contributed by atoms with Gasteiger partial charge in [-0.1, -0.05) is 32.1 Å². The van der Waals surface area contributed by atoms with Gasteiger partial charge in [0.05, 0.1) is 11.9 Å². The summed E-state index contributed by atoms with van der Waals surface area (Å²) in [4.78, 5) is 6.97. The topological polar surface area (TPSA) is 28.2 Å². The molecule has 0 bridgehead atoms. The molecule has 1 N–H and O–H groups in total. The number of aromatic nitrogens is 1. The van der Waals surface area contributed by atoms with Gasteiger partial charge in [-0.05, 0) is 37.3 Å². The monoisotopic (exact) mass is 273 g/mol. The third-order valence-corrected chi connectivity index (χ3v) is 4.78. The summed E-state index contributed by atoms with van der Waals surface area (Å²) in [6.45, 7) is 3.43. The number of hydrogen-bond donors (Lipinski definition) is 1. The van der Waals surface area contributed by atoms with Crippen molar-refractivity contribution >= 4 is 11.5 Å². The van der Waals surface area contributed by atoms with E-state index in [1.54, 1.807) is 0 Å². The van der Waals surface area contributed by atoms with Crippen molar-refractivity contribution in [1.82, 2.24) is 4.98 Å². The van der Waals surface area contributed by atoms with Crippen molar-refractivity contribution in [2.75, 3.05) is 29.9 Å². The lowest BCUT2D eigenvalue weighted by atomic mass is 9.87. The second-order valence-electron chi connectivity index (χ2n) is 6.32. The average molecular weight is 273 g/mol. The van der Waals surface area contributed by atoms with Gasteiger partial charge in [-0.25, -0.2) is 4.98 Å². The van der Waals surface area contributed by atoms with Gasteiger partial charge in [-0.3, -0.25) is 0 Å². The van der Waals surface area contributed by atoms with Crippen LogP contribution in [0.25, 0.3) is 0 Å². The zero-order chi connectivity index (χ0) is 13.6. The molecule has 110 valence electrons. The summed E-state index contributed by atoms with van der Waals surface area (Å²) in [5.74, 6) is 2.09. The van der Waals surface area contributed by atoms with Gasteiger partial charge in [-0.15, -0.1) is 0 Å². The van der Waals surface area contributed by atoms with Crippen LogP contribution >= 0.6 is 0 Å². The molecule has 1 aliphatic heterocycles. The largest absolute Gasteiger partial charge is 0.384 e. The van der Waals surface area contributed by atoms with Crippen molar-refractivity contribution in [1.29, 1.82) is 0 Å². The summed E-state index contributed by atoms with van der Waals surface area (Å²) in [6, 6.07) is 4.34.